The van der Waals surface area contributed by atoms with Gasteiger partial charge in [0.05, 0.1) is 11.8 Å². The third-order valence-corrected chi connectivity index (χ3v) is 6.01. The van der Waals surface area contributed by atoms with E-state index in [1.165, 1.54) is 0 Å². The molecule has 5 heterocycles. The van der Waals surface area contributed by atoms with Crippen LogP contribution in [-0.2, 0) is 13.6 Å². The zero-order valence-corrected chi connectivity index (χ0v) is 16.0. The van der Waals surface area contributed by atoms with Gasteiger partial charge in [0, 0.05) is 56.3 Å². The summed E-state index contributed by atoms with van der Waals surface area (Å²) in [6.07, 6.45) is 6.10. The first kappa shape index (κ1) is 17.0. The molecule has 7 heteroatoms. The molecule has 5 rings (SSSR count). The summed E-state index contributed by atoms with van der Waals surface area (Å²) < 4.78 is 9.15. The molecule has 0 saturated carbocycles. The van der Waals surface area contributed by atoms with Crippen LogP contribution in [0.4, 0.5) is 0 Å². The van der Waals surface area contributed by atoms with Crippen LogP contribution < -0.4 is 5.56 Å². The average molecular weight is 378 g/mol. The van der Waals surface area contributed by atoms with Gasteiger partial charge < -0.3 is 18.5 Å². The number of hydrogen-bond acceptors (Lipinski definition) is 4. The van der Waals surface area contributed by atoms with Gasteiger partial charge in [0.1, 0.15) is 5.82 Å². The second-order valence-corrected chi connectivity index (χ2v) is 7.89. The average Bonchev–Trinajstić information content (AvgIpc) is 3.30. The zero-order chi connectivity index (χ0) is 19.4. The molecule has 1 fully saturated rings. The molecule has 3 aromatic heterocycles. The highest BCUT2D eigenvalue weighted by Gasteiger charge is 2.38. The third-order valence-electron chi connectivity index (χ3n) is 6.01. The van der Waals surface area contributed by atoms with Gasteiger partial charge in [-0.3, -0.25) is 9.59 Å². The summed E-state index contributed by atoms with van der Waals surface area (Å²) in [7, 11) is 1.89. The predicted octanol–water partition coefficient (Wildman–Crippen LogP) is 2.41. The molecule has 0 unspecified atom stereocenters. The predicted molar refractivity (Wildman–Crippen MR) is 103 cm³/mol. The fraction of sp³-hybridized carbons (Fsp3) is 0.381. The second-order valence-electron chi connectivity index (χ2n) is 7.89. The second kappa shape index (κ2) is 6.22. The minimum Gasteiger partial charge on any atom is -0.459 e. The summed E-state index contributed by atoms with van der Waals surface area (Å²) in [5.41, 5.74) is 2.49. The molecular formula is C21H22N4O3. The van der Waals surface area contributed by atoms with E-state index in [1.54, 1.807) is 12.5 Å². The Labute approximate surface area is 162 Å². The van der Waals surface area contributed by atoms with Gasteiger partial charge in [0.25, 0.3) is 11.5 Å². The number of rotatable bonds is 2. The summed E-state index contributed by atoms with van der Waals surface area (Å²) >= 11 is 0. The molecule has 28 heavy (non-hydrogen) atoms. The number of likely N-dealkylation sites (tertiary alicyclic amines) is 1. The van der Waals surface area contributed by atoms with E-state index in [0.29, 0.717) is 36.8 Å². The number of carbonyl (C=O) groups excluding carboxylic acids is 1. The number of pyridine rings is 1. The highest BCUT2D eigenvalue weighted by atomic mass is 16.3. The zero-order valence-electron chi connectivity index (χ0n) is 16.0. The Balaban J connectivity index is 1.49. The summed E-state index contributed by atoms with van der Waals surface area (Å²) in [5.74, 6) is 1.47. The van der Waals surface area contributed by atoms with Gasteiger partial charge in [0.15, 0.2) is 5.76 Å². The number of hydrogen-bond donors (Lipinski definition) is 0. The number of aryl methyl sites for hydroxylation is 2. The molecule has 0 radical (unpaired) electrons. The number of nitrogens with zero attached hydrogens (tertiary/aromatic N) is 4. The molecule has 0 aliphatic carbocycles. The maximum absolute atomic E-state index is 13.2. The number of imidazole rings is 1. The van der Waals surface area contributed by atoms with E-state index < -0.39 is 0 Å². The van der Waals surface area contributed by atoms with Crippen molar-refractivity contribution in [3.63, 3.8) is 0 Å². The SMILES string of the molecule is Cc1ccoc1C(=O)N1C[C@@H]2C[C@H](C1)c1ccc(-c3nccn3C)c(=O)n1C2. The number of aromatic nitrogens is 3. The lowest BCUT2D eigenvalue weighted by Gasteiger charge is -2.42. The van der Waals surface area contributed by atoms with E-state index in [4.69, 9.17) is 4.42 Å². The fourth-order valence-corrected chi connectivity index (χ4v) is 4.64. The van der Waals surface area contributed by atoms with Gasteiger partial charge in [-0.2, -0.15) is 0 Å². The Bertz CT molecular complexity index is 1120. The first-order valence-electron chi connectivity index (χ1n) is 9.57. The fourth-order valence-electron chi connectivity index (χ4n) is 4.64. The van der Waals surface area contributed by atoms with Crippen molar-refractivity contribution in [1.29, 1.82) is 0 Å². The molecule has 7 nitrogen and oxygen atoms in total. The molecule has 2 atom stereocenters. The van der Waals surface area contributed by atoms with Gasteiger partial charge in [-0.25, -0.2) is 4.98 Å². The van der Waals surface area contributed by atoms with E-state index in [0.717, 1.165) is 17.7 Å². The Kier molecular flexibility index (Phi) is 3.79. The maximum Gasteiger partial charge on any atom is 0.289 e. The van der Waals surface area contributed by atoms with Crippen LogP contribution in [0.2, 0.25) is 0 Å². The van der Waals surface area contributed by atoms with Crippen LogP contribution in [0.3, 0.4) is 0 Å². The lowest BCUT2D eigenvalue weighted by molar-refractivity contribution is 0.0563. The van der Waals surface area contributed by atoms with Crippen molar-refractivity contribution >= 4 is 5.91 Å². The van der Waals surface area contributed by atoms with Crippen molar-refractivity contribution in [3.05, 3.63) is 64.2 Å². The first-order valence-corrected chi connectivity index (χ1v) is 9.57. The maximum atomic E-state index is 13.2. The number of amides is 1. The molecule has 0 N–H and O–H groups in total. The Morgan fingerprint density at radius 3 is 2.79 bits per heavy atom. The largest absolute Gasteiger partial charge is 0.459 e. The summed E-state index contributed by atoms with van der Waals surface area (Å²) in [5, 5.41) is 0. The molecule has 2 aliphatic rings. The molecular weight excluding hydrogens is 356 g/mol. The van der Waals surface area contributed by atoms with Gasteiger partial charge in [-0.1, -0.05) is 0 Å². The summed E-state index contributed by atoms with van der Waals surface area (Å²) in [6, 6.07) is 5.71. The van der Waals surface area contributed by atoms with Gasteiger partial charge in [-0.15, -0.1) is 0 Å². The Morgan fingerprint density at radius 1 is 1.21 bits per heavy atom. The Morgan fingerprint density at radius 2 is 2.07 bits per heavy atom. The van der Waals surface area contributed by atoms with E-state index in [2.05, 4.69) is 4.98 Å². The monoisotopic (exact) mass is 378 g/mol. The molecule has 1 saturated heterocycles. The van der Waals surface area contributed by atoms with Crippen molar-refractivity contribution in [2.45, 2.75) is 25.8 Å². The van der Waals surface area contributed by atoms with E-state index in [9.17, 15) is 9.59 Å². The number of piperidine rings is 1. The highest BCUT2D eigenvalue weighted by molar-refractivity contribution is 5.93. The van der Waals surface area contributed by atoms with Crippen LogP contribution >= 0.6 is 0 Å². The minimum absolute atomic E-state index is 0.00292. The van der Waals surface area contributed by atoms with Crippen molar-refractivity contribution < 1.29 is 9.21 Å². The standard InChI is InChI=1S/C21H22N4O3/c1-13-5-8-28-18(13)21(27)24-10-14-9-15(12-24)17-4-3-16(20(26)25(17)11-14)19-22-6-7-23(19)2/h3-8,14-15H,9-12H2,1-2H3/t14-,15+/m0/s1. The van der Waals surface area contributed by atoms with Crippen molar-refractivity contribution in [2.75, 3.05) is 13.1 Å². The normalized spacial score (nSPS) is 20.9. The molecule has 144 valence electrons. The number of carbonyl (C=O) groups is 1. The Hall–Kier alpha value is -3.09. The van der Waals surface area contributed by atoms with Crippen LogP contribution in [0.25, 0.3) is 11.4 Å². The lowest BCUT2D eigenvalue weighted by Crippen LogP contribution is -2.49. The summed E-state index contributed by atoms with van der Waals surface area (Å²) in [4.78, 5) is 32.3. The number of fused-ring (bicyclic) bond motifs is 4. The van der Waals surface area contributed by atoms with Crippen molar-refractivity contribution in [3.8, 4) is 11.4 Å². The molecule has 2 aliphatic heterocycles. The highest BCUT2D eigenvalue weighted by Crippen LogP contribution is 2.36. The van der Waals surface area contributed by atoms with Gasteiger partial charge in [-0.05, 0) is 37.5 Å². The van der Waals surface area contributed by atoms with E-state index in [-0.39, 0.29) is 23.3 Å². The minimum atomic E-state index is -0.0578. The lowest BCUT2D eigenvalue weighted by atomic mass is 9.82. The van der Waals surface area contributed by atoms with E-state index in [1.807, 2.05) is 52.4 Å². The summed E-state index contributed by atoms with van der Waals surface area (Å²) in [6.45, 7) is 3.77. The molecule has 3 aromatic rings. The number of furan rings is 1. The quantitative estimate of drug-likeness (QED) is 0.686. The van der Waals surface area contributed by atoms with Crippen molar-refractivity contribution in [2.24, 2.45) is 13.0 Å². The van der Waals surface area contributed by atoms with Crippen molar-refractivity contribution in [1.82, 2.24) is 19.0 Å². The smallest absolute Gasteiger partial charge is 0.289 e. The van der Waals surface area contributed by atoms with Crippen LogP contribution in [0.5, 0.6) is 0 Å². The van der Waals surface area contributed by atoms with Gasteiger partial charge in [0.2, 0.25) is 0 Å². The molecule has 0 spiro atoms. The molecule has 2 bridgehead atoms. The van der Waals surface area contributed by atoms with Crippen LogP contribution in [0.15, 0.2) is 46.1 Å². The van der Waals surface area contributed by atoms with Crippen LogP contribution in [0.1, 0.15) is 34.2 Å². The topological polar surface area (TPSA) is 73.3 Å². The molecule has 1 amide bonds. The third kappa shape index (κ3) is 2.53. The first-order chi connectivity index (χ1) is 13.5. The van der Waals surface area contributed by atoms with Gasteiger partial charge >= 0.3 is 0 Å². The van der Waals surface area contributed by atoms with E-state index >= 15 is 0 Å². The van der Waals surface area contributed by atoms with Crippen LogP contribution in [0, 0.1) is 12.8 Å². The molecule has 0 aromatic carbocycles. The van der Waals surface area contributed by atoms with Crippen LogP contribution in [-0.4, -0.2) is 38.0 Å².